The van der Waals surface area contributed by atoms with E-state index >= 15 is 0 Å². The number of hydrogen-bond acceptors (Lipinski definition) is 3. The van der Waals surface area contributed by atoms with Crippen LogP contribution in [0.25, 0.3) is 0 Å². The minimum Gasteiger partial charge on any atom is -0.467 e. The second-order valence-electron chi connectivity index (χ2n) is 5.62. The third-order valence-corrected chi connectivity index (χ3v) is 3.61. The van der Waals surface area contributed by atoms with Gasteiger partial charge in [0, 0.05) is 23.8 Å². The molecule has 0 saturated heterocycles. The van der Waals surface area contributed by atoms with E-state index in [0.717, 1.165) is 24.4 Å². The van der Waals surface area contributed by atoms with Gasteiger partial charge in [-0.25, -0.2) is 0 Å². The standard InChI is InChI=1S/C16H25N3O/c1-6-16-12(4)18-19(13(16)5)9-15-7-14(10-20-15)8-17-11(2)3/h7,10-11,17H,6,8-9H2,1-5H3. The maximum atomic E-state index is 5.64. The van der Waals surface area contributed by atoms with Gasteiger partial charge < -0.3 is 9.73 Å². The molecular weight excluding hydrogens is 250 g/mol. The lowest BCUT2D eigenvalue weighted by Gasteiger charge is -2.05. The van der Waals surface area contributed by atoms with Gasteiger partial charge in [-0.3, -0.25) is 4.68 Å². The Kier molecular flexibility index (Phi) is 4.65. The summed E-state index contributed by atoms with van der Waals surface area (Å²) in [4.78, 5) is 0. The van der Waals surface area contributed by atoms with Crippen LogP contribution in [-0.4, -0.2) is 15.8 Å². The molecule has 0 aliphatic rings. The summed E-state index contributed by atoms with van der Waals surface area (Å²) in [6.07, 6.45) is 2.86. The SMILES string of the molecule is CCc1c(C)nn(Cc2cc(CNC(C)C)co2)c1C. The highest BCUT2D eigenvalue weighted by Gasteiger charge is 2.11. The second kappa shape index (κ2) is 6.27. The average Bonchev–Trinajstić information content (AvgIpc) is 2.93. The number of aryl methyl sites for hydroxylation is 1. The molecule has 1 N–H and O–H groups in total. The van der Waals surface area contributed by atoms with Crippen molar-refractivity contribution in [2.45, 2.75) is 60.2 Å². The smallest absolute Gasteiger partial charge is 0.125 e. The number of nitrogens with zero attached hydrogens (tertiary/aromatic N) is 2. The molecule has 0 spiro atoms. The number of nitrogens with one attached hydrogen (secondary N) is 1. The quantitative estimate of drug-likeness (QED) is 0.880. The van der Waals surface area contributed by atoms with Gasteiger partial charge in [-0.05, 0) is 31.9 Å². The Labute approximate surface area is 121 Å². The van der Waals surface area contributed by atoms with Gasteiger partial charge in [-0.15, -0.1) is 0 Å². The fraction of sp³-hybridized carbons (Fsp3) is 0.562. The van der Waals surface area contributed by atoms with Crippen molar-refractivity contribution < 1.29 is 4.42 Å². The van der Waals surface area contributed by atoms with Crippen LogP contribution in [0.1, 0.15) is 49.0 Å². The first-order chi connectivity index (χ1) is 9.51. The molecular formula is C16H25N3O. The number of aromatic nitrogens is 2. The van der Waals surface area contributed by atoms with Crippen LogP contribution in [-0.2, 0) is 19.5 Å². The Morgan fingerprint density at radius 2 is 2.10 bits per heavy atom. The first kappa shape index (κ1) is 14.9. The molecule has 0 saturated carbocycles. The summed E-state index contributed by atoms with van der Waals surface area (Å²) in [7, 11) is 0. The van der Waals surface area contributed by atoms with Crippen LogP contribution in [0.5, 0.6) is 0 Å². The predicted octanol–water partition coefficient (Wildman–Crippen LogP) is 3.20. The number of rotatable bonds is 6. The van der Waals surface area contributed by atoms with E-state index in [2.05, 4.69) is 51.1 Å². The molecule has 0 atom stereocenters. The zero-order valence-corrected chi connectivity index (χ0v) is 13.2. The van der Waals surface area contributed by atoms with Crippen LogP contribution in [0.3, 0.4) is 0 Å². The summed E-state index contributed by atoms with van der Waals surface area (Å²) in [5, 5.41) is 7.99. The first-order valence-corrected chi connectivity index (χ1v) is 7.33. The van der Waals surface area contributed by atoms with Gasteiger partial charge in [0.1, 0.15) is 5.76 Å². The molecule has 0 aliphatic carbocycles. The summed E-state index contributed by atoms with van der Waals surface area (Å²) in [5.41, 5.74) is 4.89. The fourth-order valence-electron chi connectivity index (χ4n) is 2.47. The molecule has 110 valence electrons. The van der Waals surface area contributed by atoms with Crippen LogP contribution in [0.15, 0.2) is 16.7 Å². The van der Waals surface area contributed by atoms with Crippen molar-refractivity contribution in [3.63, 3.8) is 0 Å². The van der Waals surface area contributed by atoms with Crippen LogP contribution >= 0.6 is 0 Å². The minimum absolute atomic E-state index is 0.483. The Balaban J connectivity index is 2.07. The monoisotopic (exact) mass is 275 g/mol. The molecule has 2 aromatic heterocycles. The summed E-state index contributed by atoms with van der Waals surface area (Å²) in [5.74, 6) is 0.957. The molecule has 0 radical (unpaired) electrons. The van der Waals surface area contributed by atoms with Crippen LogP contribution in [0.4, 0.5) is 0 Å². The predicted molar refractivity (Wildman–Crippen MR) is 80.9 cm³/mol. The van der Waals surface area contributed by atoms with E-state index < -0.39 is 0 Å². The van der Waals surface area contributed by atoms with Crippen LogP contribution in [0, 0.1) is 13.8 Å². The van der Waals surface area contributed by atoms with E-state index in [-0.39, 0.29) is 0 Å². The zero-order chi connectivity index (χ0) is 14.7. The molecule has 0 unspecified atom stereocenters. The van der Waals surface area contributed by atoms with E-state index in [4.69, 9.17) is 4.42 Å². The molecule has 4 nitrogen and oxygen atoms in total. The van der Waals surface area contributed by atoms with E-state index in [0.29, 0.717) is 12.6 Å². The Hall–Kier alpha value is -1.55. The Morgan fingerprint density at radius 3 is 2.70 bits per heavy atom. The molecule has 2 heterocycles. The Bertz CT molecular complexity index is 566. The molecule has 0 aromatic carbocycles. The van der Waals surface area contributed by atoms with Crippen molar-refractivity contribution in [1.29, 1.82) is 0 Å². The van der Waals surface area contributed by atoms with Crippen molar-refractivity contribution >= 4 is 0 Å². The topological polar surface area (TPSA) is 43.0 Å². The van der Waals surface area contributed by atoms with Gasteiger partial charge in [-0.1, -0.05) is 20.8 Å². The van der Waals surface area contributed by atoms with E-state index in [1.807, 2.05) is 10.9 Å². The van der Waals surface area contributed by atoms with Gasteiger partial charge in [0.2, 0.25) is 0 Å². The molecule has 2 aromatic rings. The van der Waals surface area contributed by atoms with Gasteiger partial charge in [0.15, 0.2) is 0 Å². The van der Waals surface area contributed by atoms with E-state index in [1.54, 1.807) is 0 Å². The minimum atomic E-state index is 0.483. The van der Waals surface area contributed by atoms with Gasteiger partial charge >= 0.3 is 0 Å². The highest BCUT2D eigenvalue weighted by molar-refractivity contribution is 5.25. The average molecular weight is 275 g/mol. The van der Waals surface area contributed by atoms with Crippen molar-refractivity contribution in [3.05, 3.63) is 40.6 Å². The third kappa shape index (κ3) is 3.31. The van der Waals surface area contributed by atoms with Crippen LogP contribution < -0.4 is 5.32 Å². The lowest BCUT2D eigenvalue weighted by Crippen LogP contribution is -2.21. The highest BCUT2D eigenvalue weighted by atomic mass is 16.3. The number of hydrogen-bond donors (Lipinski definition) is 1. The fourth-order valence-corrected chi connectivity index (χ4v) is 2.47. The maximum absolute atomic E-state index is 5.64. The van der Waals surface area contributed by atoms with Gasteiger partial charge in [0.05, 0.1) is 18.5 Å². The summed E-state index contributed by atoms with van der Waals surface area (Å²) >= 11 is 0. The summed E-state index contributed by atoms with van der Waals surface area (Å²) in [6, 6.07) is 2.59. The molecule has 4 heteroatoms. The molecule has 0 amide bonds. The van der Waals surface area contributed by atoms with Gasteiger partial charge in [0.25, 0.3) is 0 Å². The number of furan rings is 1. The summed E-state index contributed by atoms with van der Waals surface area (Å²) < 4.78 is 7.67. The lowest BCUT2D eigenvalue weighted by atomic mass is 10.1. The molecule has 0 bridgehead atoms. The summed E-state index contributed by atoms with van der Waals surface area (Å²) in [6.45, 7) is 12.2. The van der Waals surface area contributed by atoms with Crippen molar-refractivity contribution in [2.75, 3.05) is 0 Å². The van der Waals surface area contributed by atoms with Crippen molar-refractivity contribution in [3.8, 4) is 0 Å². The van der Waals surface area contributed by atoms with Crippen molar-refractivity contribution in [2.24, 2.45) is 0 Å². The van der Waals surface area contributed by atoms with Gasteiger partial charge in [-0.2, -0.15) is 5.10 Å². The molecule has 20 heavy (non-hydrogen) atoms. The van der Waals surface area contributed by atoms with Crippen molar-refractivity contribution in [1.82, 2.24) is 15.1 Å². The molecule has 0 aliphatic heterocycles. The largest absolute Gasteiger partial charge is 0.467 e. The first-order valence-electron chi connectivity index (χ1n) is 7.33. The Morgan fingerprint density at radius 1 is 1.35 bits per heavy atom. The highest BCUT2D eigenvalue weighted by Crippen LogP contribution is 2.16. The van der Waals surface area contributed by atoms with E-state index in [9.17, 15) is 0 Å². The molecule has 2 rings (SSSR count). The normalized spacial score (nSPS) is 11.5. The second-order valence-corrected chi connectivity index (χ2v) is 5.62. The van der Waals surface area contributed by atoms with E-state index in [1.165, 1.54) is 16.8 Å². The van der Waals surface area contributed by atoms with Crippen LogP contribution in [0.2, 0.25) is 0 Å². The zero-order valence-electron chi connectivity index (χ0n) is 13.2. The molecule has 0 fully saturated rings. The maximum Gasteiger partial charge on any atom is 0.125 e. The third-order valence-electron chi connectivity index (χ3n) is 3.61. The lowest BCUT2D eigenvalue weighted by molar-refractivity contribution is 0.473.